The maximum absolute atomic E-state index is 12.1. The summed E-state index contributed by atoms with van der Waals surface area (Å²) in [6, 6.07) is 9.52. The molecule has 0 aliphatic rings. The number of anilines is 1. The Bertz CT molecular complexity index is 565. The highest BCUT2D eigenvalue weighted by Gasteiger charge is 2.08. The standard InChI is InChI=1S/C12H12BrNOS2/c1-8-6-10(3-4-11(8)14)17(15)7-9-2-5-12(13)16-9/h2-6H,7,14H2,1H3. The molecule has 90 valence electrons. The number of hydrogen-bond donors (Lipinski definition) is 1. The summed E-state index contributed by atoms with van der Waals surface area (Å²) in [4.78, 5) is 1.95. The summed E-state index contributed by atoms with van der Waals surface area (Å²) in [7, 11) is -1.01. The minimum atomic E-state index is -1.01. The molecule has 0 aliphatic carbocycles. The van der Waals surface area contributed by atoms with Gasteiger partial charge in [-0.25, -0.2) is 0 Å². The van der Waals surface area contributed by atoms with Gasteiger partial charge in [0.15, 0.2) is 0 Å². The van der Waals surface area contributed by atoms with Crippen molar-refractivity contribution in [2.75, 3.05) is 5.73 Å². The van der Waals surface area contributed by atoms with Crippen molar-refractivity contribution >= 4 is 43.8 Å². The van der Waals surface area contributed by atoms with Crippen molar-refractivity contribution in [3.63, 3.8) is 0 Å². The number of benzene rings is 1. The van der Waals surface area contributed by atoms with Crippen LogP contribution in [0.1, 0.15) is 10.4 Å². The van der Waals surface area contributed by atoms with Gasteiger partial charge in [0, 0.05) is 15.5 Å². The van der Waals surface area contributed by atoms with Crippen molar-refractivity contribution in [2.24, 2.45) is 0 Å². The zero-order chi connectivity index (χ0) is 12.4. The normalized spacial score (nSPS) is 12.6. The number of thiophene rings is 1. The highest BCUT2D eigenvalue weighted by Crippen LogP contribution is 2.25. The Morgan fingerprint density at radius 3 is 2.71 bits per heavy atom. The van der Waals surface area contributed by atoms with Gasteiger partial charge in [-0.15, -0.1) is 11.3 Å². The Hall–Kier alpha value is -0.650. The molecule has 2 nitrogen and oxygen atoms in total. The molecule has 0 amide bonds. The van der Waals surface area contributed by atoms with Crippen molar-refractivity contribution in [1.29, 1.82) is 0 Å². The fourth-order valence-corrected chi connectivity index (χ4v) is 4.32. The zero-order valence-corrected chi connectivity index (χ0v) is 12.5. The highest BCUT2D eigenvalue weighted by atomic mass is 79.9. The first-order valence-electron chi connectivity index (χ1n) is 5.05. The van der Waals surface area contributed by atoms with E-state index < -0.39 is 10.8 Å². The summed E-state index contributed by atoms with van der Waals surface area (Å²) in [5.41, 5.74) is 7.46. The lowest BCUT2D eigenvalue weighted by Crippen LogP contribution is -1.97. The number of rotatable bonds is 3. The first kappa shape index (κ1) is 12.8. The van der Waals surface area contributed by atoms with Gasteiger partial charge in [0.05, 0.1) is 20.3 Å². The van der Waals surface area contributed by atoms with Crippen LogP contribution in [0.2, 0.25) is 0 Å². The second-order valence-corrected chi connectivity index (χ2v) is 7.71. The molecule has 0 saturated carbocycles. The third-order valence-corrected chi connectivity index (χ3v) is 5.57. The third-order valence-electron chi connectivity index (χ3n) is 2.41. The van der Waals surface area contributed by atoms with Crippen molar-refractivity contribution in [3.8, 4) is 0 Å². The van der Waals surface area contributed by atoms with Crippen LogP contribution in [0.5, 0.6) is 0 Å². The molecule has 0 fully saturated rings. The predicted octanol–water partition coefficient (Wildman–Crippen LogP) is 3.71. The third kappa shape index (κ3) is 3.18. The van der Waals surface area contributed by atoms with Crippen molar-refractivity contribution in [3.05, 3.63) is 44.6 Å². The molecular weight excluding hydrogens is 318 g/mol. The lowest BCUT2D eigenvalue weighted by atomic mass is 10.2. The molecule has 0 saturated heterocycles. The molecule has 0 spiro atoms. The van der Waals surface area contributed by atoms with Crippen LogP contribution in [0.3, 0.4) is 0 Å². The van der Waals surface area contributed by atoms with E-state index in [9.17, 15) is 4.21 Å². The largest absolute Gasteiger partial charge is 0.399 e. The van der Waals surface area contributed by atoms with Gasteiger partial charge >= 0.3 is 0 Å². The van der Waals surface area contributed by atoms with Gasteiger partial charge in [-0.3, -0.25) is 4.21 Å². The molecule has 2 N–H and O–H groups in total. The summed E-state index contributed by atoms with van der Waals surface area (Å²) in [5.74, 6) is 0.555. The average Bonchev–Trinajstić information content (AvgIpc) is 2.68. The Labute approximate surface area is 115 Å². The molecule has 2 rings (SSSR count). The second-order valence-electron chi connectivity index (χ2n) is 3.71. The fourth-order valence-electron chi connectivity index (χ4n) is 1.43. The molecule has 0 bridgehead atoms. The molecule has 17 heavy (non-hydrogen) atoms. The SMILES string of the molecule is Cc1cc(S(=O)Cc2ccc(Br)s2)ccc1N. The molecule has 1 heterocycles. The van der Waals surface area contributed by atoms with Gasteiger partial charge in [-0.05, 0) is 58.7 Å². The smallest absolute Gasteiger partial charge is 0.0701 e. The number of hydrogen-bond acceptors (Lipinski definition) is 3. The van der Waals surface area contributed by atoms with E-state index in [-0.39, 0.29) is 0 Å². The van der Waals surface area contributed by atoms with Crippen molar-refractivity contribution in [2.45, 2.75) is 17.6 Å². The van der Waals surface area contributed by atoms with Gasteiger partial charge in [0.1, 0.15) is 0 Å². The van der Waals surface area contributed by atoms with Crippen LogP contribution in [-0.2, 0) is 16.6 Å². The van der Waals surface area contributed by atoms with Crippen LogP contribution in [0.15, 0.2) is 39.0 Å². The first-order valence-corrected chi connectivity index (χ1v) is 7.98. The van der Waals surface area contributed by atoms with Crippen LogP contribution in [0, 0.1) is 6.92 Å². The number of halogens is 1. The van der Waals surface area contributed by atoms with Gasteiger partial charge in [0.2, 0.25) is 0 Å². The maximum atomic E-state index is 12.1. The quantitative estimate of drug-likeness (QED) is 0.872. The van der Waals surface area contributed by atoms with Gasteiger partial charge < -0.3 is 5.73 Å². The Balaban J connectivity index is 2.17. The van der Waals surface area contributed by atoms with E-state index in [0.29, 0.717) is 5.75 Å². The van der Waals surface area contributed by atoms with Gasteiger partial charge in [-0.1, -0.05) is 0 Å². The monoisotopic (exact) mass is 329 g/mol. The zero-order valence-electron chi connectivity index (χ0n) is 9.27. The van der Waals surface area contributed by atoms with Crippen molar-refractivity contribution in [1.82, 2.24) is 0 Å². The summed E-state index contributed by atoms with van der Waals surface area (Å²) in [6.07, 6.45) is 0. The van der Waals surface area contributed by atoms with E-state index >= 15 is 0 Å². The van der Waals surface area contributed by atoms with Crippen LogP contribution in [0.25, 0.3) is 0 Å². The summed E-state index contributed by atoms with van der Waals surface area (Å²) in [5, 5.41) is 0. The molecule has 0 radical (unpaired) electrons. The summed E-state index contributed by atoms with van der Waals surface area (Å²) in [6.45, 7) is 1.93. The number of nitrogen functional groups attached to an aromatic ring is 1. The van der Waals surface area contributed by atoms with E-state index in [4.69, 9.17) is 5.73 Å². The topological polar surface area (TPSA) is 43.1 Å². The van der Waals surface area contributed by atoms with Crippen LogP contribution in [-0.4, -0.2) is 4.21 Å². The first-order chi connectivity index (χ1) is 8.06. The number of nitrogens with two attached hydrogens (primary N) is 1. The van der Waals surface area contributed by atoms with E-state index in [1.807, 2.05) is 37.3 Å². The van der Waals surface area contributed by atoms with E-state index in [1.165, 1.54) is 0 Å². The highest BCUT2D eigenvalue weighted by molar-refractivity contribution is 9.11. The molecule has 0 aliphatic heterocycles. The maximum Gasteiger partial charge on any atom is 0.0701 e. The van der Waals surface area contributed by atoms with E-state index in [0.717, 1.165) is 24.8 Å². The molecule has 1 atom stereocenters. The summed E-state index contributed by atoms with van der Waals surface area (Å²) >= 11 is 5.02. The lowest BCUT2D eigenvalue weighted by molar-refractivity contribution is 0.683. The van der Waals surface area contributed by atoms with Gasteiger partial charge in [-0.2, -0.15) is 0 Å². The van der Waals surface area contributed by atoms with Gasteiger partial charge in [0.25, 0.3) is 0 Å². The molecular formula is C12H12BrNOS2. The van der Waals surface area contributed by atoms with Crippen LogP contribution >= 0.6 is 27.3 Å². The molecule has 1 aromatic carbocycles. The van der Waals surface area contributed by atoms with Crippen LogP contribution < -0.4 is 5.73 Å². The molecule has 1 unspecified atom stereocenters. The predicted molar refractivity (Wildman–Crippen MR) is 77.7 cm³/mol. The Morgan fingerprint density at radius 1 is 1.35 bits per heavy atom. The van der Waals surface area contributed by atoms with E-state index in [1.54, 1.807) is 11.3 Å². The minimum Gasteiger partial charge on any atom is -0.399 e. The van der Waals surface area contributed by atoms with E-state index in [2.05, 4.69) is 15.9 Å². The fraction of sp³-hybridized carbons (Fsp3) is 0.167. The molecule has 5 heteroatoms. The average molecular weight is 330 g/mol. The Morgan fingerprint density at radius 2 is 2.12 bits per heavy atom. The second kappa shape index (κ2) is 5.33. The summed E-state index contributed by atoms with van der Waals surface area (Å²) < 4.78 is 13.2. The molecule has 1 aromatic heterocycles. The van der Waals surface area contributed by atoms with Crippen LogP contribution in [0.4, 0.5) is 5.69 Å². The lowest BCUT2D eigenvalue weighted by Gasteiger charge is -2.04. The number of aryl methyl sites for hydroxylation is 1. The Kier molecular flexibility index (Phi) is 4.01. The minimum absolute atomic E-state index is 0.555. The molecule has 2 aromatic rings. The van der Waals surface area contributed by atoms with Crippen molar-refractivity contribution < 1.29 is 4.21 Å².